The summed E-state index contributed by atoms with van der Waals surface area (Å²) in [7, 11) is 6.59. The molecule has 0 radical (unpaired) electrons. The van der Waals surface area contributed by atoms with Crippen LogP contribution in [0.15, 0.2) is 0 Å². The van der Waals surface area contributed by atoms with E-state index in [4.69, 9.17) is 4.74 Å². The SMILES string of the molecule is CCCCCCCCCCCCOC(CCCCC=O)[N+](C)(C)C. The molecule has 144 valence electrons. The fourth-order valence-electron chi connectivity index (χ4n) is 3.05. The molecule has 0 rings (SSSR count). The second kappa shape index (κ2) is 16.1. The molecule has 0 amide bonds. The number of aldehydes is 1. The normalized spacial score (nSPS) is 13.2. The summed E-state index contributed by atoms with van der Waals surface area (Å²) >= 11 is 0. The van der Waals surface area contributed by atoms with Gasteiger partial charge in [0.05, 0.1) is 27.7 Å². The molecule has 0 heterocycles. The molecule has 0 aliphatic rings. The first-order chi connectivity index (χ1) is 11.5. The van der Waals surface area contributed by atoms with E-state index >= 15 is 0 Å². The lowest BCUT2D eigenvalue weighted by molar-refractivity contribution is -0.920. The molecule has 1 atom stereocenters. The highest BCUT2D eigenvalue weighted by molar-refractivity contribution is 5.48. The molecule has 0 aliphatic heterocycles. The molecule has 24 heavy (non-hydrogen) atoms. The second-order valence-electron chi connectivity index (χ2n) is 8.07. The van der Waals surface area contributed by atoms with Gasteiger partial charge in [-0.05, 0) is 19.3 Å². The van der Waals surface area contributed by atoms with Crippen molar-refractivity contribution in [3.8, 4) is 0 Å². The molecule has 3 nitrogen and oxygen atoms in total. The first-order valence-corrected chi connectivity index (χ1v) is 10.4. The van der Waals surface area contributed by atoms with Crippen LogP contribution in [0.1, 0.15) is 96.8 Å². The zero-order chi connectivity index (χ0) is 18.1. The maximum absolute atomic E-state index is 10.4. The molecule has 1 unspecified atom stereocenters. The first kappa shape index (κ1) is 23.6. The molecule has 0 bridgehead atoms. The van der Waals surface area contributed by atoms with Gasteiger partial charge >= 0.3 is 0 Å². The maximum atomic E-state index is 10.4. The van der Waals surface area contributed by atoms with E-state index in [2.05, 4.69) is 28.1 Å². The Bertz CT molecular complexity index is 274. The molecule has 0 aliphatic carbocycles. The topological polar surface area (TPSA) is 26.3 Å². The Morgan fingerprint density at radius 1 is 0.792 bits per heavy atom. The standard InChI is InChI=1S/C21H44NO2/c1-5-6-7-8-9-10-11-12-13-17-20-24-21(22(2,3)4)18-15-14-16-19-23/h19,21H,5-18,20H2,1-4H3/q+1. The van der Waals surface area contributed by atoms with Crippen molar-refractivity contribution in [1.29, 1.82) is 0 Å². The molecule has 0 aromatic heterocycles. The van der Waals surface area contributed by atoms with Crippen LogP contribution >= 0.6 is 0 Å². The summed E-state index contributed by atoms with van der Waals surface area (Å²) in [5.41, 5.74) is 0. The highest BCUT2D eigenvalue weighted by atomic mass is 16.5. The highest BCUT2D eigenvalue weighted by Gasteiger charge is 2.23. The predicted octanol–water partition coefficient (Wildman–Crippen LogP) is 5.72. The van der Waals surface area contributed by atoms with Gasteiger partial charge in [-0.2, -0.15) is 0 Å². The van der Waals surface area contributed by atoms with Gasteiger partial charge in [0, 0.05) is 12.8 Å². The van der Waals surface area contributed by atoms with E-state index in [1.54, 1.807) is 0 Å². The molecule has 0 spiro atoms. The maximum Gasteiger partial charge on any atom is 0.192 e. The van der Waals surface area contributed by atoms with E-state index < -0.39 is 0 Å². The number of hydrogen-bond acceptors (Lipinski definition) is 2. The zero-order valence-corrected chi connectivity index (χ0v) is 17.0. The van der Waals surface area contributed by atoms with Crippen LogP contribution in [0.3, 0.4) is 0 Å². The average Bonchev–Trinajstić information content (AvgIpc) is 2.53. The number of carbonyl (C=O) groups excluding carboxylic acids is 1. The number of quaternary nitrogens is 1. The number of unbranched alkanes of at least 4 members (excludes halogenated alkanes) is 11. The lowest BCUT2D eigenvalue weighted by Crippen LogP contribution is -2.46. The van der Waals surface area contributed by atoms with E-state index in [0.29, 0.717) is 6.42 Å². The Hall–Kier alpha value is -0.410. The first-order valence-electron chi connectivity index (χ1n) is 10.4. The Kier molecular flexibility index (Phi) is 15.8. The van der Waals surface area contributed by atoms with Crippen molar-refractivity contribution in [3.05, 3.63) is 0 Å². The van der Waals surface area contributed by atoms with E-state index in [9.17, 15) is 4.79 Å². The molecule has 0 saturated heterocycles. The van der Waals surface area contributed by atoms with Gasteiger partial charge < -0.3 is 14.0 Å². The van der Waals surface area contributed by atoms with Crippen LogP contribution in [0.25, 0.3) is 0 Å². The molecule has 0 aromatic carbocycles. The highest BCUT2D eigenvalue weighted by Crippen LogP contribution is 2.15. The van der Waals surface area contributed by atoms with E-state index in [1.165, 1.54) is 64.2 Å². The molecular formula is C21H44NO2+. The van der Waals surface area contributed by atoms with E-state index in [0.717, 1.165) is 36.6 Å². The summed E-state index contributed by atoms with van der Waals surface area (Å²) in [5, 5.41) is 0. The minimum Gasteiger partial charge on any atom is -0.329 e. The van der Waals surface area contributed by atoms with Gasteiger partial charge in [-0.25, -0.2) is 0 Å². The predicted molar refractivity (Wildman–Crippen MR) is 104 cm³/mol. The van der Waals surface area contributed by atoms with Crippen molar-refractivity contribution >= 4 is 6.29 Å². The monoisotopic (exact) mass is 342 g/mol. The number of rotatable bonds is 18. The van der Waals surface area contributed by atoms with Crippen LogP contribution in [0, 0.1) is 0 Å². The van der Waals surface area contributed by atoms with Gasteiger partial charge in [0.15, 0.2) is 6.23 Å². The Labute approximate surface area is 151 Å². The van der Waals surface area contributed by atoms with Crippen molar-refractivity contribution in [2.75, 3.05) is 27.7 Å². The van der Waals surface area contributed by atoms with Gasteiger partial charge in [-0.15, -0.1) is 0 Å². The average molecular weight is 343 g/mol. The van der Waals surface area contributed by atoms with Crippen molar-refractivity contribution in [2.24, 2.45) is 0 Å². The van der Waals surface area contributed by atoms with E-state index in [-0.39, 0.29) is 6.23 Å². The van der Waals surface area contributed by atoms with Gasteiger partial charge in [-0.1, -0.05) is 64.7 Å². The lowest BCUT2D eigenvalue weighted by atomic mass is 10.1. The van der Waals surface area contributed by atoms with Crippen LogP contribution in [0.2, 0.25) is 0 Å². The largest absolute Gasteiger partial charge is 0.329 e. The van der Waals surface area contributed by atoms with Crippen LogP contribution in [0.4, 0.5) is 0 Å². The Morgan fingerprint density at radius 3 is 1.83 bits per heavy atom. The minimum atomic E-state index is 0.259. The van der Waals surface area contributed by atoms with Gasteiger partial charge in [-0.3, -0.25) is 0 Å². The zero-order valence-electron chi connectivity index (χ0n) is 17.0. The smallest absolute Gasteiger partial charge is 0.192 e. The van der Waals surface area contributed by atoms with Gasteiger partial charge in [0.1, 0.15) is 6.29 Å². The number of hydrogen-bond donors (Lipinski definition) is 0. The van der Waals surface area contributed by atoms with Crippen molar-refractivity contribution < 1.29 is 14.0 Å². The van der Waals surface area contributed by atoms with Crippen molar-refractivity contribution in [2.45, 2.75) is 103 Å². The van der Waals surface area contributed by atoms with Crippen LogP contribution < -0.4 is 0 Å². The molecule has 0 fully saturated rings. The molecule has 0 aromatic rings. The van der Waals surface area contributed by atoms with Crippen LogP contribution in [-0.2, 0) is 9.53 Å². The van der Waals surface area contributed by atoms with Crippen molar-refractivity contribution in [1.82, 2.24) is 0 Å². The lowest BCUT2D eigenvalue weighted by Gasteiger charge is -2.33. The third-order valence-corrected chi connectivity index (χ3v) is 4.70. The second-order valence-corrected chi connectivity index (χ2v) is 8.07. The number of nitrogens with zero attached hydrogens (tertiary/aromatic N) is 1. The Balaban J connectivity index is 3.57. The van der Waals surface area contributed by atoms with Crippen molar-refractivity contribution in [3.63, 3.8) is 0 Å². The summed E-state index contributed by atoms with van der Waals surface area (Å²) in [6.45, 7) is 3.15. The molecular weight excluding hydrogens is 298 g/mol. The van der Waals surface area contributed by atoms with Crippen LogP contribution in [-0.4, -0.2) is 44.7 Å². The molecule has 0 N–H and O–H groups in total. The fraction of sp³-hybridized carbons (Fsp3) is 0.952. The molecule has 0 saturated carbocycles. The fourth-order valence-corrected chi connectivity index (χ4v) is 3.05. The number of ether oxygens (including phenoxy) is 1. The van der Waals surface area contributed by atoms with Gasteiger partial charge in [0.2, 0.25) is 0 Å². The third kappa shape index (κ3) is 15.1. The quantitative estimate of drug-likeness (QED) is 0.138. The van der Waals surface area contributed by atoms with E-state index in [1.807, 2.05) is 0 Å². The summed E-state index contributed by atoms with van der Waals surface area (Å²) in [6.07, 6.45) is 18.7. The summed E-state index contributed by atoms with van der Waals surface area (Å²) in [6, 6.07) is 0. The summed E-state index contributed by atoms with van der Waals surface area (Å²) in [5.74, 6) is 0. The summed E-state index contributed by atoms with van der Waals surface area (Å²) < 4.78 is 6.99. The summed E-state index contributed by atoms with van der Waals surface area (Å²) in [4.78, 5) is 10.4. The third-order valence-electron chi connectivity index (χ3n) is 4.70. The molecule has 3 heteroatoms. The number of carbonyl (C=O) groups is 1. The Morgan fingerprint density at radius 2 is 1.33 bits per heavy atom. The minimum absolute atomic E-state index is 0.259. The van der Waals surface area contributed by atoms with Crippen LogP contribution in [0.5, 0.6) is 0 Å². The van der Waals surface area contributed by atoms with Gasteiger partial charge in [0.25, 0.3) is 0 Å².